The fraction of sp³-hybridized carbons (Fsp3) is 1.00. The average molecular weight is 231 g/mol. The minimum atomic E-state index is -0.134. The molecule has 1 fully saturated rings. The van der Waals surface area contributed by atoms with Crippen molar-refractivity contribution in [3.63, 3.8) is 0 Å². The highest BCUT2D eigenvalue weighted by Gasteiger charge is 2.13. The zero-order valence-electron chi connectivity index (χ0n) is 10.8. The fourth-order valence-electron chi connectivity index (χ4n) is 1.89. The summed E-state index contributed by atoms with van der Waals surface area (Å²) in [7, 11) is -0.134. The van der Waals surface area contributed by atoms with Crippen molar-refractivity contribution >= 4 is 9.76 Å². The molecule has 1 aliphatic carbocycles. The normalized spacial score (nSPS) is 17.8. The van der Waals surface area contributed by atoms with Gasteiger partial charge in [-0.15, -0.1) is 0 Å². The highest BCUT2D eigenvalue weighted by molar-refractivity contribution is 6.29. The van der Waals surface area contributed by atoms with Gasteiger partial charge in [0.15, 0.2) is 9.76 Å². The summed E-state index contributed by atoms with van der Waals surface area (Å²) in [4.78, 5) is 0. The zero-order chi connectivity index (χ0) is 11.4. The van der Waals surface area contributed by atoms with Gasteiger partial charge in [-0.3, -0.25) is 0 Å². The Labute approximate surface area is 98.1 Å². The molecule has 0 saturated heterocycles. The molecule has 15 heavy (non-hydrogen) atoms. The van der Waals surface area contributed by atoms with Crippen molar-refractivity contribution in [3.05, 3.63) is 0 Å². The van der Waals surface area contributed by atoms with Crippen LogP contribution in [0.1, 0.15) is 52.9 Å². The van der Waals surface area contributed by atoms with E-state index in [4.69, 9.17) is 4.43 Å². The molecule has 0 aromatic heterocycles. The van der Waals surface area contributed by atoms with Crippen LogP contribution in [0.25, 0.3) is 0 Å². The molecule has 2 nitrogen and oxygen atoms in total. The van der Waals surface area contributed by atoms with Gasteiger partial charge in [-0.25, -0.2) is 0 Å². The molecule has 0 amide bonds. The second kappa shape index (κ2) is 12.2. The van der Waals surface area contributed by atoms with E-state index in [1.165, 1.54) is 32.1 Å². The summed E-state index contributed by atoms with van der Waals surface area (Å²) in [6.07, 6.45) is 7.32. The van der Waals surface area contributed by atoms with E-state index in [1.54, 1.807) is 0 Å². The Kier molecular flexibility index (Phi) is 12.3. The lowest BCUT2D eigenvalue weighted by atomic mass is 10.0. The number of hydrogen-bond donors (Lipinski definition) is 1. The molecule has 0 aliphatic heterocycles. The first-order valence-electron chi connectivity index (χ1n) is 6.63. The third-order valence-corrected chi connectivity index (χ3v) is 4.71. The molecule has 0 bridgehead atoms. The Hall–Kier alpha value is 0.137. The Morgan fingerprint density at radius 2 is 1.67 bits per heavy atom. The molecular weight excluding hydrogens is 202 g/mol. The molecule has 1 saturated carbocycles. The monoisotopic (exact) mass is 231 g/mol. The molecule has 0 radical (unpaired) electrons. The third kappa shape index (κ3) is 10.4. The predicted octanol–water partition coefficient (Wildman–Crippen LogP) is 2.48. The van der Waals surface area contributed by atoms with E-state index in [9.17, 15) is 0 Å². The first-order chi connectivity index (χ1) is 7.35. The van der Waals surface area contributed by atoms with Crippen molar-refractivity contribution in [3.8, 4) is 0 Å². The topological polar surface area (TPSA) is 21.3 Å². The molecule has 1 aliphatic rings. The Balaban J connectivity index is 0.000000336. The average Bonchev–Trinajstić information content (AvgIpc) is 2.30. The summed E-state index contributed by atoms with van der Waals surface area (Å²) in [6, 6.07) is 0. The van der Waals surface area contributed by atoms with Crippen LogP contribution in [0.2, 0.25) is 5.54 Å². The Morgan fingerprint density at radius 3 is 2.07 bits per heavy atom. The lowest BCUT2D eigenvalue weighted by molar-refractivity contribution is 0.340. The highest BCUT2D eigenvalue weighted by atomic mass is 28.2. The van der Waals surface area contributed by atoms with Gasteiger partial charge in [-0.05, 0) is 25.6 Å². The SMILES string of the molecule is CCNCC.CCO[SiH2]C1CCCCC1. The maximum absolute atomic E-state index is 5.51. The summed E-state index contributed by atoms with van der Waals surface area (Å²) in [6.45, 7) is 9.44. The van der Waals surface area contributed by atoms with Crippen LogP contribution in [0.4, 0.5) is 0 Å². The van der Waals surface area contributed by atoms with Crippen LogP contribution in [0, 0.1) is 0 Å². The van der Waals surface area contributed by atoms with Gasteiger partial charge in [0.05, 0.1) is 0 Å². The van der Waals surface area contributed by atoms with Crippen LogP contribution in [0.5, 0.6) is 0 Å². The van der Waals surface area contributed by atoms with Crippen LogP contribution < -0.4 is 5.32 Å². The lowest BCUT2D eigenvalue weighted by Crippen LogP contribution is -2.11. The first-order valence-corrected chi connectivity index (χ1v) is 8.02. The predicted molar refractivity (Wildman–Crippen MR) is 71.2 cm³/mol. The molecular formula is C12H29NOSi. The van der Waals surface area contributed by atoms with E-state index in [0.717, 1.165) is 25.2 Å². The van der Waals surface area contributed by atoms with Gasteiger partial charge in [-0.2, -0.15) is 0 Å². The molecule has 3 heteroatoms. The van der Waals surface area contributed by atoms with Gasteiger partial charge in [0, 0.05) is 6.61 Å². The second-order valence-electron chi connectivity index (χ2n) is 4.12. The third-order valence-electron chi connectivity index (χ3n) is 2.78. The van der Waals surface area contributed by atoms with Crippen molar-refractivity contribution < 1.29 is 4.43 Å². The van der Waals surface area contributed by atoms with Gasteiger partial charge < -0.3 is 9.74 Å². The maximum Gasteiger partial charge on any atom is 0.164 e. The molecule has 0 aromatic rings. The molecule has 1 rings (SSSR count). The summed E-state index contributed by atoms with van der Waals surface area (Å²) < 4.78 is 5.51. The fourth-order valence-corrected chi connectivity index (χ4v) is 3.37. The molecule has 0 heterocycles. The van der Waals surface area contributed by atoms with Gasteiger partial charge >= 0.3 is 0 Å². The summed E-state index contributed by atoms with van der Waals surface area (Å²) in [5.41, 5.74) is 1.02. The first kappa shape index (κ1) is 15.1. The van der Waals surface area contributed by atoms with Crippen LogP contribution >= 0.6 is 0 Å². The number of nitrogens with one attached hydrogen (secondary N) is 1. The van der Waals surface area contributed by atoms with Crippen LogP contribution in [0.15, 0.2) is 0 Å². The Morgan fingerprint density at radius 1 is 1.07 bits per heavy atom. The van der Waals surface area contributed by atoms with Crippen molar-refractivity contribution in [2.75, 3.05) is 19.7 Å². The molecule has 0 unspecified atom stereocenters. The van der Waals surface area contributed by atoms with Crippen molar-refractivity contribution in [1.82, 2.24) is 5.32 Å². The minimum Gasteiger partial charge on any atom is -0.424 e. The smallest absolute Gasteiger partial charge is 0.164 e. The van der Waals surface area contributed by atoms with Gasteiger partial charge in [0.1, 0.15) is 0 Å². The molecule has 1 N–H and O–H groups in total. The van der Waals surface area contributed by atoms with Crippen molar-refractivity contribution in [2.45, 2.75) is 58.4 Å². The Bertz CT molecular complexity index is 114. The summed E-state index contributed by atoms with van der Waals surface area (Å²) in [5, 5.41) is 3.11. The highest BCUT2D eigenvalue weighted by Crippen LogP contribution is 2.27. The van der Waals surface area contributed by atoms with E-state index in [1.807, 2.05) is 0 Å². The summed E-state index contributed by atoms with van der Waals surface area (Å²) in [5.74, 6) is 0. The van der Waals surface area contributed by atoms with Crippen LogP contribution in [-0.4, -0.2) is 29.5 Å². The van der Waals surface area contributed by atoms with Gasteiger partial charge in [0.2, 0.25) is 0 Å². The maximum atomic E-state index is 5.51. The second-order valence-corrected chi connectivity index (χ2v) is 6.02. The van der Waals surface area contributed by atoms with Crippen LogP contribution in [-0.2, 0) is 4.43 Å². The molecule has 0 aromatic carbocycles. The molecule has 0 spiro atoms. The van der Waals surface area contributed by atoms with Gasteiger partial charge in [-0.1, -0.05) is 46.0 Å². The molecule has 92 valence electrons. The van der Waals surface area contributed by atoms with E-state index in [0.29, 0.717) is 0 Å². The largest absolute Gasteiger partial charge is 0.424 e. The van der Waals surface area contributed by atoms with E-state index in [-0.39, 0.29) is 9.76 Å². The number of rotatable bonds is 5. The van der Waals surface area contributed by atoms with Crippen LogP contribution in [0.3, 0.4) is 0 Å². The molecule has 0 atom stereocenters. The van der Waals surface area contributed by atoms with Crippen molar-refractivity contribution in [1.29, 1.82) is 0 Å². The van der Waals surface area contributed by atoms with Crippen molar-refractivity contribution in [2.24, 2.45) is 0 Å². The quantitative estimate of drug-likeness (QED) is 0.734. The lowest BCUT2D eigenvalue weighted by Gasteiger charge is -2.20. The van der Waals surface area contributed by atoms with E-state index < -0.39 is 0 Å². The zero-order valence-corrected chi connectivity index (χ0v) is 12.3. The van der Waals surface area contributed by atoms with E-state index in [2.05, 4.69) is 26.1 Å². The summed E-state index contributed by atoms with van der Waals surface area (Å²) >= 11 is 0. The van der Waals surface area contributed by atoms with Gasteiger partial charge in [0.25, 0.3) is 0 Å². The number of hydrogen-bond acceptors (Lipinski definition) is 2. The van der Waals surface area contributed by atoms with E-state index >= 15 is 0 Å². The minimum absolute atomic E-state index is 0.134. The standard InChI is InChI=1S/C8H18OSi.C4H11N/c1-2-9-10-8-6-4-3-5-7-8;1-3-5-4-2/h8H,2-7,10H2,1H3;5H,3-4H2,1-2H3.